The summed E-state index contributed by atoms with van der Waals surface area (Å²) in [5.74, 6) is -0.609. The fraction of sp³-hybridized carbons (Fsp3) is 1.00. The third kappa shape index (κ3) is 2.72. The molecule has 6 nitrogen and oxygen atoms in total. The molecule has 7 heteroatoms. The maximum atomic E-state index is 11.0. The van der Waals surface area contributed by atoms with Crippen molar-refractivity contribution < 1.29 is 22.6 Å². The molecule has 0 aromatic heterocycles. The van der Waals surface area contributed by atoms with Crippen LogP contribution in [0.1, 0.15) is 13.8 Å². The number of rotatable bonds is 3. The lowest BCUT2D eigenvalue weighted by Crippen LogP contribution is -2.39. The Balaban J connectivity index is 1.94. The number of hydrogen-bond acceptors (Lipinski definition) is 5. The maximum Gasteiger partial charge on any atom is 0.208 e. The van der Waals surface area contributed by atoms with Crippen LogP contribution in [0.25, 0.3) is 0 Å². The van der Waals surface area contributed by atoms with Crippen molar-refractivity contribution >= 4 is 10.0 Å². The van der Waals surface area contributed by atoms with Gasteiger partial charge >= 0.3 is 0 Å². The Morgan fingerprint density at radius 2 is 2.06 bits per heavy atom. The summed E-state index contributed by atoms with van der Waals surface area (Å²) in [5, 5.41) is 0. The van der Waals surface area contributed by atoms with Crippen LogP contribution >= 0.6 is 0 Å². The first-order chi connectivity index (χ1) is 7.27. The lowest BCUT2D eigenvalue weighted by atomic mass is 10.1. The van der Waals surface area contributed by atoms with Gasteiger partial charge in [-0.05, 0) is 13.8 Å². The summed E-state index contributed by atoms with van der Waals surface area (Å²) in [6, 6.07) is 0. The van der Waals surface area contributed by atoms with Crippen molar-refractivity contribution in [3.05, 3.63) is 0 Å². The van der Waals surface area contributed by atoms with Crippen molar-refractivity contribution in [1.29, 1.82) is 0 Å². The fourth-order valence-corrected chi connectivity index (χ4v) is 2.50. The highest BCUT2D eigenvalue weighted by atomic mass is 32.2. The van der Waals surface area contributed by atoms with Crippen molar-refractivity contribution in [2.45, 2.75) is 37.9 Å². The zero-order chi connectivity index (χ0) is 12.0. The Morgan fingerprint density at radius 1 is 1.38 bits per heavy atom. The van der Waals surface area contributed by atoms with E-state index in [-0.39, 0.29) is 24.9 Å². The quantitative estimate of drug-likeness (QED) is 0.729. The first kappa shape index (κ1) is 12.3. The molecule has 2 aliphatic rings. The standard InChI is InChI=1S/C9H17NO5S/c1-9(2)14-7-5-13-6(8(7)15-9)4-10-16(3,11)12/h6-8,10H,4-5H2,1-3H3/t6-,7-,8-/m0/s1. The molecule has 2 aliphatic heterocycles. The number of hydrogen-bond donors (Lipinski definition) is 1. The molecule has 0 spiro atoms. The van der Waals surface area contributed by atoms with Crippen molar-refractivity contribution in [3.63, 3.8) is 0 Å². The van der Waals surface area contributed by atoms with Gasteiger partial charge in [0.25, 0.3) is 0 Å². The summed E-state index contributed by atoms with van der Waals surface area (Å²) in [6.45, 7) is 4.35. The summed E-state index contributed by atoms with van der Waals surface area (Å²) in [6.07, 6.45) is 0.558. The van der Waals surface area contributed by atoms with Crippen LogP contribution in [0.5, 0.6) is 0 Å². The van der Waals surface area contributed by atoms with E-state index in [1.54, 1.807) is 0 Å². The van der Waals surface area contributed by atoms with Gasteiger partial charge in [-0.1, -0.05) is 0 Å². The van der Waals surface area contributed by atoms with Gasteiger partial charge in [0.05, 0.1) is 12.9 Å². The normalized spacial score (nSPS) is 37.6. The highest BCUT2D eigenvalue weighted by Crippen LogP contribution is 2.34. The molecule has 0 aromatic carbocycles. The smallest absolute Gasteiger partial charge is 0.208 e. The van der Waals surface area contributed by atoms with Crippen LogP contribution in [0.4, 0.5) is 0 Å². The SMILES string of the molecule is CC1(C)O[C@H]2[C@H](CNS(C)(=O)=O)OC[C@@H]2O1. The first-order valence-electron chi connectivity index (χ1n) is 5.19. The molecule has 0 aliphatic carbocycles. The molecule has 2 rings (SSSR count). The zero-order valence-electron chi connectivity index (χ0n) is 9.60. The third-order valence-electron chi connectivity index (χ3n) is 2.61. The highest BCUT2D eigenvalue weighted by Gasteiger charge is 2.49. The van der Waals surface area contributed by atoms with Crippen LogP contribution in [0.15, 0.2) is 0 Å². The topological polar surface area (TPSA) is 73.9 Å². The molecular weight excluding hydrogens is 234 g/mol. The Hall–Kier alpha value is -0.210. The van der Waals surface area contributed by atoms with Crippen LogP contribution in [0.3, 0.4) is 0 Å². The summed E-state index contributed by atoms with van der Waals surface area (Å²) < 4.78 is 41.1. The minimum Gasteiger partial charge on any atom is -0.371 e. The van der Waals surface area contributed by atoms with Crippen molar-refractivity contribution in [2.75, 3.05) is 19.4 Å². The van der Waals surface area contributed by atoms with Gasteiger partial charge in [-0.3, -0.25) is 0 Å². The van der Waals surface area contributed by atoms with Crippen molar-refractivity contribution in [1.82, 2.24) is 4.72 Å². The molecule has 2 fully saturated rings. The second kappa shape index (κ2) is 3.92. The van der Waals surface area contributed by atoms with Crippen molar-refractivity contribution in [2.24, 2.45) is 0 Å². The van der Waals surface area contributed by atoms with E-state index >= 15 is 0 Å². The van der Waals surface area contributed by atoms with E-state index < -0.39 is 15.8 Å². The molecule has 0 aromatic rings. The first-order valence-corrected chi connectivity index (χ1v) is 7.08. The minimum atomic E-state index is -3.20. The second-order valence-corrected chi connectivity index (χ2v) is 6.46. The molecule has 0 amide bonds. The number of fused-ring (bicyclic) bond motifs is 1. The van der Waals surface area contributed by atoms with Gasteiger partial charge in [-0.25, -0.2) is 13.1 Å². The van der Waals surface area contributed by atoms with E-state index in [1.165, 1.54) is 0 Å². The molecule has 1 N–H and O–H groups in total. The van der Waals surface area contributed by atoms with Gasteiger partial charge in [0.15, 0.2) is 5.79 Å². The molecule has 94 valence electrons. The van der Waals surface area contributed by atoms with Gasteiger partial charge in [-0.2, -0.15) is 0 Å². The molecule has 2 saturated heterocycles. The van der Waals surface area contributed by atoms with E-state index in [4.69, 9.17) is 14.2 Å². The predicted octanol–water partition coefficient (Wildman–Crippen LogP) is -0.545. The Morgan fingerprint density at radius 3 is 2.69 bits per heavy atom. The molecule has 16 heavy (non-hydrogen) atoms. The van der Waals surface area contributed by atoms with E-state index in [1.807, 2.05) is 13.8 Å². The van der Waals surface area contributed by atoms with E-state index in [0.29, 0.717) is 6.61 Å². The average molecular weight is 251 g/mol. The largest absolute Gasteiger partial charge is 0.371 e. The second-order valence-electron chi connectivity index (χ2n) is 4.63. The monoisotopic (exact) mass is 251 g/mol. The molecule has 2 heterocycles. The molecule has 0 radical (unpaired) electrons. The molecule has 0 unspecified atom stereocenters. The molecule has 0 bridgehead atoms. The molecule has 3 atom stereocenters. The number of ether oxygens (including phenoxy) is 3. The van der Waals surface area contributed by atoms with Crippen LogP contribution in [-0.4, -0.2) is 51.9 Å². The summed E-state index contributed by atoms with van der Waals surface area (Å²) in [5.41, 5.74) is 0. The van der Waals surface area contributed by atoms with Crippen LogP contribution < -0.4 is 4.72 Å². The van der Waals surface area contributed by atoms with Crippen molar-refractivity contribution in [3.8, 4) is 0 Å². The minimum absolute atomic E-state index is 0.0960. The van der Waals surface area contributed by atoms with Crippen LogP contribution in [-0.2, 0) is 24.2 Å². The fourth-order valence-electron chi connectivity index (χ4n) is 2.03. The maximum absolute atomic E-state index is 11.0. The van der Waals surface area contributed by atoms with Gasteiger partial charge in [0.2, 0.25) is 10.0 Å². The zero-order valence-corrected chi connectivity index (χ0v) is 10.4. The Kier molecular flexibility index (Phi) is 3.00. The Labute approximate surface area is 95.3 Å². The average Bonchev–Trinajstić information content (AvgIpc) is 2.55. The summed E-state index contributed by atoms with van der Waals surface area (Å²) >= 11 is 0. The third-order valence-corrected chi connectivity index (χ3v) is 3.30. The van der Waals surface area contributed by atoms with Gasteiger partial charge in [0.1, 0.15) is 18.3 Å². The van der Waals surface area contributed by atoms with E-state index in [0.717, 1.165) is 6.26 Å². The van der Waals surface area contributed by atoms with Gasteiger partial charge < -0.3 is 14.2 Å². The lowest BCUT2D eigenvalue weighted by Gasteiger charge is -2.21. The molecule has 0 saturated carbocycles. The van der Waals surface area contributed by atoms with E-state index in [9.17, 15) is 8.42 Å². The van der Waals surface area contributed by atoms with Gasteiger partial charge in [0, 0.05) is 6.54 Å². The highest BCUT2D eigenvalue weighted by molar-refractivity contribution is 7.88. The Bertz CT molecular complexity index is 366. The van der Waals surface area contributed by atoms with E-state index in [2.05, 4.69) is 4.72 Å². The predicted molar refractivity (Wildman–Crippen MR) is 56.4 cm³/mol. The molecular formula is C9H17NO5S. The van der Waals surface area contributed by atoms with Gasteiger partial charge in [-0.15, -0.1) is 0 Å². The number of nitrogens with one attached hydrogen (secondary N) is 1. The summed E-state index contributed by atoms with van der Waals surface area (Å²) in [4.78, 5) is 0. The van der Waals surface area contributed by atoms with Crippen LogP contribution in [0, 0.1) is 0 Å². The van der Waals surface area contributed by atoms with Crippen LogP contribution in [0.2, 0.25) is 0 Å². The number of sulfonamides is 1. The summed E-state index contributed by atoms with van der Waals surface area (Å²) in [7, 11) is -3.20. The lowest BCUT2D eigenvalue weighted by molar-refractivity contribution is -0.174.